The molecule has 2 aliphatic rings. The molecule has 4 atom stereocenters. The van der Waals surface area contributed by atoms with Crippen LogP contribution in [0.15, 0.2) is 0 Å². The normalized spacial score (nSPS) is 28.4. The zero-order valence-electron chi connectivity index (χ0n) is 15.4. The highest BCUT2D eigenvalue weighted by Gasteiger charge is 2.70. The molecule has 2 rings (SSSR count). The van der Waals surface area contributed by atoms with Gasteiger partial charge in [0, 0.05) is 19.4 Å². The molecule has 0 radical (unpaired) electrons. The van der Waals surface area contributed by atoms with Gasteiger partial charge in [-0.3, -0.25) is 9.59 Å². The molecule has 0 aromatic carbocycles. The van der Waals surface area contributed by atoms with Crippen LogP contribution in [0, 0.1) is 23.2 Å². The Morgan fingerprint density at radius 2 is 1.84 bits per heavy atom. The van der Waals surface area contributed by atoms with Gasteiger partial charge in [0.1, 0.15) is 12.1 Å². The van der Waals surface area contributed by atoms with Crippen LogP contribution < -0.4 is 5.32 Å². The van der Waals surface area contributed by atoms with E-state index in [1.807, 2.05) is 13.8 Å². The van der Waals surface area contributed by atoms with E-state index in [9.17, 15) is 23.2 Å². The van der Waals surface area contributed by atoms with Crippen LogP contribution >= 0.6 is 0 Å². The number of methoxy groups -OCH3 is 1. The van der Waals surface area contributed by atoms with Crippen molar-refractivity contribution in [1.82, 2.24) is 10.2 Å². The number of esters is 1. The summed E-state index contributed by atoms with van der Waals surface area (Å²) >= 11 is 0. The van der Waals surface area contributed by atoms with Gasteiger partial charge < -0.3 is 15.0 Å². The number of rotatable bonds is 5. The number of carbonyl (C=O) groups excluding carboxylic acids is 3. The fourth-order valence-electron chi connectivity index (χ4n) is 3.86. The molecule has 0 unspecified atom stereocenters. The third kappa shape index (κ3) is 3.35. The third-order valence-corrected chi connectivity index (χ3v) is 5.55. The van der Waals surface area contributed by atoms with Gasteiger partial charge in [0.15, 0.2) is 0 Å². The van der Waals surface area contributed by atoms with Crippen LogP contribution in [0.5, 0.6) is 0 Å². The maximum atomic E-state index is 13.2. The summed E-state index contributed by atoms with van der Waals surface area (Å²) < 4.78 is 31.2. The van der Waals surface area contributed by atoms with Crippen molar-refractivity contribution < 1.29 is 27.9 Å². The summed E-state index contributed by atoms with van der Waals surface area (Å²) in [5.74, 6) is -6.37. The van der Waals surface area contributed by atoms with Crippen LogP contribution in [-0.2, 0) is 19.1 Å². The Labute approximate surface area is 146 Å². The molecule has 8 heteroatoms. The number of ether oxygens (including phenoxy) is 1. The van der Waals surface area contributed by atoms with Gasteiger partial charge >= 0.3 is 11.9 Å². The van der Waals surface area contributed by atoms with Crippen molar-refractivity contribution >= 4 is 17.8 Å². The average Bonchev–Trinajstić information content (AvgIpc) is 2.87. The summed E-state index contributed by atoms with van der Waals surface area (Å²) in [7, 11) is 1.26. The average molecular weight is 360 g/mol. The molecule has 1 saturated heterocycles. The lowest BCUT2D eigenvalue weighted by molar-refractivity contribution is -0.155. The lowest BCUT2D eigenvalue weighted by Gasteiger charge is -2.33. The van der Waals surface area contributed by atoms with Crippen LogP contribution in [0.2, 0.25) is 0 Å². The summed E-state index contributed by atoms with van der Waals surface area (Å²) in [6.45, 7) is 8.21. The lowest BCUT2D eigenvalue weighted by atomic mass is 9.97. The van der Waals surface area contributed by atoms with Gasteiger partial charge in [-0.2, -0.15) is 8.78 Å². The predicted octanol–water partition coefficient (Wildman–Crippen LogP) is 1.44. The summed E-state index contributed by atoms with van der Waals surface area (Å²) in [6.07, 6.45) is 0. The second kappa shape index (κ2) is 6.21. The van der Waals surface area contributed by atoms with E-state index in [2.05, 4.69) is 5.32 Å². The zero-order chi connectivity index (χ0) is 19.3. The Bertz CT molecular complexity index is 586. The van der Waals surface area contributed by atoms with Crippen LogP contribution in [0.3, 0.4) is 0 Å². The molecule has 2 amide bonds. The molecule has 2 fully saturated rings. The number of carbonyl (C=O) groups is 3. The minimum absolute atomic E-state index is 0.0139. The molecule has 25 heavy (non-hydrogen) atoms. The monoisotopic (exact) mass is 360 g/mol. The highest BCUT2D eigenvalue weighted by molar-refractivity contribution is 5.93. The number of halogens is 2. The van der Waals surface area contributed by atoms with Crippen LogP contribution in [0.25, 0.3) is 0 Å². The number of piperidine rings is 1. The maximum Gasteiger partial charge on any atom is 0.328 e. The topological polar surface area (TPSA) is 75.7 Å². The molecule has 1 aliphatic heterocycles. The molecule has 1 aliphatic carbocycles. The van der Waals surface area contributed by atoms with Gasteiger partial charge in [-0.1, -0.05) is 27.7 Å². The van der Waals surface area contributed by atoms with Gasteiger partial charge in [0.2, 0.25) is 5.91 Å². The number of likely N-dealkylation sites (tertiary alicyclic amines) is 1. The van der Waals surface area contributed by atoms with E-state index >= 15 is 0 Å². The number of nitrogens with zero attached hydrogens (tertiary/aromatic N) is 1. The van der Waals surface area contributed by atoms with Crippen molar-refractivity contribution in [2.45, 2.75) is 52.6 Å². The van der Waals surface area contributed by atoms with Crippen molar-refractivity contribution in [3.63, 3.8) is 0 Å². The SMILES string of the molecule is COC(=O)[C@@H]1[C@@H]2[C@H](CN1C(=O)[C@@H](NC(=O)C(C)(F)F)C(C)C)C2(C)C. The molecule has 6 nitrogen and oxygen atoms in total. The third-order valence-electron chi connectivity index (χ3n) is 5.55. The van der Waals surface area contributed by atoms with Crippen molar-refractivity contribution in [3.8, 4) is 0 Å². The Hall–Kier alpha value is -1.73. The van der Waals surface area contributed by atoms with Crippen molar-refractivity contribution in [2.24, 2.45) is 23.2 Å². The first-order valence-electron chi connectivity index (χ1n) is 8.41. The zero-order valence-corrected chi connectivity index (χ0v) is 15.4. The van der Waals surface area contributed by atoms with Crippen LogP contribution in [0.1, 0.15) is 34.6 Å². The van der Waals surface area contributed by atoms with Crippen molar-refractivity contribution in [1.29, 1.82) is 0 Å². The predicted molar refractivity (Wildman–Crippen MR) is 85.7 cm³/mol. The standard InChI is InChI=1S/C17H26F2N2O4/c1-8(2)11(20-15(24)17(5,18)19)13(22)21-7-9-10(16(9,3)4)12(21)14(23)25-6/h8-12H,7H2,1-6H3,(H,20,24)/t9-,10-,11-,12-/m0/s1. The van der Waals surface area contributed by atoms with Gasteiger partial charge in [-0.15, -0.1) is 0 Å². The summed E-state index contributed by atoms with van der Waals surface area (Å²) in [4.78, 5) is 38.1. The second-order valence-corrected chi connectivity index (χ2v) is 8.00. The molecule has 1 saturated carbocycles. The van der Waals surface area contributed by atoms with E-state index in [0.717, 1.165) is 0 Å². The largest absolute Gasteiger partial charge is 0.467 e. The first-order valence-corrected chi connectivity index (χ1v) is 8.41. The molecule has 0 bridgehead atoms. The first-order chi connectivity index (χ1) is 11.3. The molecule has 0 aromatic heterocycles. The molecular weight excluding hydrogens is 334 g/mol. The smallest absolute Gasteiger partial charge is 0.328 e. The Morgan fingerprint density at radius 3 is 2.28 bits per heavy atom. The summed E-state index contributed by atoms with van der Waals surface area (Å²) in [5, 5.41) is 2.13. The molecule has 1 N–H and O–H groups in total. The second-order valence-electron chi connectivity index (χ2n) is 8.00. The van der Waals surface area contributed by atoms with E-state index in [1.54, 1.807) is 13.8 Å². The first kappa shape index (κ1) is 19.6. The Kier molecular flexibility index (Phi) is 4.87. The summed E-state index contributed by atoms with van der Waals surface area (Å²) in [6, 6.07) is -1.86. The Balaban J connectivity index is 2.21. The van der Waals surface area contributed by atoms with E-state index in [0.29, 0.717) is 13.5 Å². The van der Waals surface area contributed by atoms with Crippen LogP contribution in [0.4, 0.5) is 8.78 Å². The molecule has 0 aromatic rings. The molecule has 142 valence electrons. The van der Waals surface area contributed by atoms with E-state index in [4.69, 9.17) is 4.74 Å². The van der Waals surface area contributed by atoms with Gasteiger partial charge in [-0.05, 0) is 17.3 Å². The number of amides is 2. The van der Waals surface area contributed by atoms with Gasteiger partial charge in [0.05, 0.1) is 7.11 Å². The van der Waals surface area contributed by atoms with Crippen molar-refractivity contribution in [2.75, 3.05) is 13.7 Å². The highest BCUT2D eigenvalue weighted by atomic mass is 19.3. The lowest BCUT2D eigenvalue weighted by Crippen LogP contribution is -2.57. The molecular formula is C17H26F2N2O4. The molecule has 0 spiro atoms. The fourth-order valence-corrected chi connectivity index (χ4v) is 3.86. The minimum atomic E-state index is -3.58. The number of nitrogens with one attached hydrogen (secondary N) is 1. The van der Waals surface area contributed by atoms with Crippen LogP contribution in [-0.4, -0.2) is 54.3 Å². The highest BCUT2D eigenvalue weighted by Crippen LogP contribution is 2.65. The quantitative estimate of drug-likeness (QED) is 0.753. The molecule has 1 heterocycles. The number of alkyl halides is 2. The number of hydrogen-bond donors (Lipinski definition) is 1. The minimum Gasteiger partial charge on any atom is -0.467 e. The van der Waals surface area contributed by atoms with E-state index in [1.165, 1.54) is 12.0 Å². The fraction of sp³-hybridized carbons (Fsp3) is 0.824. The van der Waals surface area contributed by atoms with Crippen molar-refractivity contribution in [3.05, 3.63) is 0 Å². The Morgan fingerprint density at radius 1 is 1.28 bits per heavy atom. The number of hydrogen-bond acceptors (Lipinski definition) is 4. The van der Waals surface area contributed by atoms with E-state index in [-0.39, 0.29) is 17.3 Å². The number of fused-ring (bicyclic) bond motifs is 1. The van der Waals surface area contributed by atoms with Gasteiger partial charge in [0.25, 0.3) is 5.91 Å². The summed E-state index contributed by atoms with van der Waals surface area (Å²) in [5.41, 5.74) is -0.0668. The van der Waals surface area contributed by atoms with Gasteiger partial charge in [-0.25, -0.2) is 4.79 Å². The van der Waals surface area contributed by atoms with E-state index < -0.39 is 41.7 Å². The maximum absolute atomic E-state index is 13.2.